The second kappa shape index (κ2) is 12.3. The molecule has 5 nitrogen and oxygen atoms in total. The van der Waals surface area contributed by atoms with Crippen LogP contribution in [0.4, 0.5) is 11.4 Å². The third kappa shape index (κ3) is 6.69. The number of nitrogens with one attached hydrogen (secondary N) is 2. The molecule has 0 amide bonds. The van der Waals surface area contributed by atoms with Crippen molar-refractivity contribution in [2.45, 2.75) is 38.1 Å². The van der Waals surface area contributed by atoms with E-state index < -0.39 is 0 Å². The Bertz CT molecular complexity index is 960. The van der Waals surface area contributed by atoms with Gasteiger partial charge < -0.3 is 20.3 Å². The highest BCUT2D eigenvalue weighted by molar-refractivity contribution is 7.80. The molecule has 1 aliphatic carbocycles. The highest BCUT2D eigenvalue weighted by Crippen LogP contribution is 2.33. The lowest BCUT2D eigenvalue weighted by Crippen LogP contribution is -2.47. The molecule has 8 heteroatoms. The summed E-state index contributed by atoms with van der Waals surface area (Å²) in [7, 11) is 1.67. The van der Waals surface area contributed by atoms with E-state index in [9.17, 15) is 0 Å². The second-order valence-corrected chi connectivity index (χ2v) is 10.4. The highest BCUT2D eigenvalue weighted by Gasteiger charge is 2.24. The summed E-state index contributed by atoms with van der Waals surface area (Å²) in [5.41, 5.74) is 1.95. The van der Waals surface area contributed by atoms with E-state index in [0.717, 1.165) is 49.2 Å². The van der Waals surface area contributed by atoms with Crippen LogP contribution < -0.4 is 20.3 Å². The van der Waals surface area contributed by atoms with Crippen LogP contribution in [0.5, 0.6) is 5.75 Å². The third-order valence-electron chi connectivity index (χ3n) is 7.03. The zero-order chi connectivity index (χ0) is 23.9. The maximum absolute atomic E-state index is 6.41. The average molecular weight is 522 g/mol. The lowest BCUT2D eigenvalue weighted by Gasteiger charge is -2.37. The molecule has 1 saturated heterocycles. The van der Waals surface area contributed by atoms with E-state index in [2.05, 4.69) is 26.5 Å². The van der Waals surface area contributed by atoms with Gasteiger partial charge in [0.25, 0.3) is 0 Å². The molecule has 0 radical (unpaired) electrons. The van der Waals surface area contributed by atoms with Crippen LogP contribution in [-0.2, 0) is 0 Å². The molecule has 2 N–H and O–H groups in total. The Hall–Kier alpha value is -1.73. The largest absolute Gasteiger partial charge is 0.495 e. The molecule has 1 saturated carbocycles. The van der Waals surface area contributed by atoms with Gasteiger partial charge >= 0.3 is 0 Å². The van der Waals surface area contributed by atoms with E-state index in [0.29, 0.717) is 21.2 Å². The van der Waals surface area contributed by atoms with Crippen molar-refractivity contribution in [3.8, 4) is 5.75 Å². The Morgan fingerprint density at radius 2 is 1.74 bits per heavy atom. The number of piperazine rings is 1. The number of ether oxygens (including phenoxy) is 1. The zero-order valence-corrected chi connectivity index (χ0v) is 22.1. The van der Waals surface area contributed by atoms with Gasteiger partial charge in [-0.25, -0.2) is 0 Å². The van der Waals surface area contributed by atoms with E-state index in [1.54, 1.807) is 7.11 Å². The van der Waals surface area contributed by atoms with Crippen molar-refractivity contribution in [1.82, 2.24) is 10.2 Å². The minimum absolute atomic E-state index is 0.442. The van der Waals surface area contributed by atoms with Crippen molar-refractivity contribution >= 4 is 51.9 Å². The number of anilines is 2. The van der Waals surface area contributed by atoms with Crippen LogP contribution in [0.1, 0.15) is 32.1 Å². The number of nitrogens with zero attached hydrogens (tertiary/aromatic N) is 2. The quantitative estimate of drug-likeness (QED) is 0.432. The van der Waals surface area contributed by atoms with Crippen molar-refractivity contribution < 1.29 is 4.74 Å². The molecule has 1 aliphatic heterocycles. The maximum Gasteiger partial charge on any atom is 0.171 e. The molecular weight excluding hydrogens is 487 g/mol. The first-order valence-corrected chi connectivity index (χ1v) is 13.3. The molecule has 2 aromatic rings. The van der Waals surface area contributed by atoms with Crippen LogP contribution in [0.25, 0.3) is 0 Å². The maximum atomic E-state index is 6.41. The Morgan fingerprint density at radius 3 is 2.47 bits per heavy atom. The fourth-order valence-corrected chi connectivity index (χ4v) is 5.69. The SMILES string of the molecule is COc1ccccc1NC(=S)N[C@H]1CC[C@H](CCN2CCN(c3cccc(Cl)c3Cl)CC2)CC1. The molecule has 0 atom stereocenters. The molecule has 2 aliphatic rings. The van der Waals surface area contributed by atoms with Gasteiger partial charge in [-0.05, 0) is 81.1 Å². The van der Waals surface area contributed by atoms with Crippen LogP contribution in [0.3, 0.4) is 0 Å². The fourth-order valence-electron chi connectivity index (χ4n) is 5.00. The van der Waals surface area contributed by atoms with Crippen molar-refractivity contribution in [3.05, 3.63) is 52.5 Å². The number of para-hydroxylation sites is 2. The second-order valence-electron chi connectivity index (χ2n) is 9.21. The van der Waals surface area contributed by atoms with Gasteiger partial charge in [0.15, 0.2) is 5.11 Å². The van der Waals surface area contributed by atoms with Crippen LogP contribution in [0.15, 0.2) is 42.5 Å². The number of hydrogen-bond donors (Lipinski definition) is 2. The van der Waals surface area contributed by atoms with Gasteiger partial charge in [-0.2, -0.15) is 0 Å². The van der Waals surface area contributed by atoms with Crippen LogP contribution in [-0.4, -0.2) is 55.9 Å². The molecule has 1 heterocycles. The normalized spacial score (nSPS) is 21.2. The van der Waals surface area contributed by atoms with Gasteiger partial charge in [0.1, 0.15) is 5.75 Å². The number of hydrogen-bond acceptors (Lipinski definition) is 4. The molecular formula is C26H34Cl2N4OS. The number of methoxy groups -OCH3 is 1. The predicted molar refractivity (Wildman–Crippen MR) is 148 cm³/mol. The van der Waals surface area contributed by atoms with Gasteiger partial charge in [0.05, 0.1) is 28.5 Å². The van der Waals surface area contributed by atoms with Crippen molar-refractivity contribution in [2.75, 3.05) is 50.1 Å². The predicted octanol–water partition coefficient (Wildman–Crippen LogP) is 6.06. The Kier molecular flexibility index (Phi) is 9.17. The summed E-state index contributed by atoms with van der Waals surface area (Å²) >= 11 is 18.2. The molecule has 2 aromatic carbocycles. The van der Waals surface area contributed by atoms with Crippen molar-refractivity contribution in [3.63, 3.8) is 0 Å². The minimum Gasteiger partial charge on any atom is -0.495 e. The highest BCUT2D eigenvalue weighted by atomic mass is 35.5. The summed E-state index contributed by atoms with van der Waals surface area (Å²) in [6.45, 7) is 5.31. The monoisotopic (exact) mass is 520 g/mol. The van der Waals surface area contributed by atoms with E-state index in [4.69, 9.17) is 40.2 Å². The summed E-state index contributed by atoms with van der Waals surface area (Å²) in [4.78, 5) is 4.94. The molecule has 4 rings (SSSR count). The summed E-state index contributed by atoms with van der Waals surface area (Å²) in [5.74, 6) is 1.60. The lowest BCUT2D eigenvalue weighted by atomic mass is 9.84. The van der Waals surface area contributed by atoms with E-state index in [1.807, 2.05) is 36.4 Å². The van der Waals surface area contributed by atoms with Crippen molar-refractivity contribution in [2.24, 2.45) is 5.92 Å². The summed E-state index contributed by atoms with van der Waals surface area (Å²) < 4.78 is 5.40. The smallest absolute Gasteiger partial charge is 0.171 e. The number of benzene rings is 2. The van der Waals surface area contributed by atoms with E-state index in [-0.39, 0.29) is 0 Å². The standard InChI is InChI=1S/C26H34Cl2N4OS/c1-33-24-8-3-2-6-22(24)30-26(34)29-20-11-9-19(10-12-20)13-14-31-15-17-32(18-16-31)23-7-4-5-21(27)25(23)28/h2-8,19-20H,9-18H2,1H3,(H2,29,30,34)/t19-,20-. The zero-order valence-electron chi connectivity index (χ0n) is 19.7. The van der Waals surface area contributed by atoms with Crippen molar-refractivity contribution in [1.29, 1.82) is 0 Å². The Labute approximate surface area is 218 Å². The first-order chi connectivity index (χ1) is 16.5. The lowest BCUT2D eigenvalue weighted by molar-refractivity contribution is 0.214. The summed E-state index contributed by atoms with van der Waals surface area (Å²) in [6, 6.07) is 14.2. The van der Waals surface area contributed by atoms with Crippen LogP contribution in [0, 0.1) is 5.92 Å². The molecule has 0 unspecified atom stereocenters. The van der Waals surface area contributed by atoms with Crippen LogP contribution >= 0.6 is 35.4 Å². The van der Waals surface area contributed by atoms with Crippen LogP contribution in [0.2, 0.25) is 10.0 Å². The first-order valence-electron chi connectivity index (χ1n) is 12.2. The number of thiocarbonyl (C=S) groups is 1. The molecule has 2 fully saturated rings. The molecule has 0 spiro atoms. The van der Waals surface area contributed by atoms with E-state index in [1.165, 1.54) is 38.6 Å². The van der Waals surface area contributed by atoms with Gasteiger partial charge in [0.2, 0.25) is 0 Å². The van der Waals surface area contributed by atoms with E-state index >= 15 is 0 Å². The Morgan fingerprint density at radius 1 is 1.00 bits per heavy atom. The number of rotatable bonds is 7. The van der Waals surface area contributed by atoms with Gasteiger partial charge in [-0.1, -0.05) is 41.4 Å². The van der Waals surface area contributed by atoms with Gasteiger partial charge in [0, 0.05) is 32.2 Å². The molecule has 34 heavy (non-hydrogen) atoms. The third-order valence-corrected chi connectivity index (χ3v) is 8.06. The van der Waals surface area contributed by atoms with Gasteiger partial charge in [-0.15, -0.1) is 0 Å². The molecule has 0 bridgehead atoms. The topological polar surface area (TPSA) is 39.8 Å². The minimum atomic E-state index is 0.442. The Balaban J connectivity index is 1.14. The average Bonchev–Trinajstić information content (AvgIpc) is 2.86. The summed E-state index contributed by atoms with van der Waals surface area (Å²) in [6.07, 6.45) is 6.12. The fraction of sp³-hybridized carbons (Fsp3) is 0.500. The molecule has 184 valence electrons. The molecule has 0 aromatic heterocycles. The number of halogens is 2. The van der Waals surface area contributed by atoms with Gasteiger partial charge in [-0.3, -0.25) is 4.90 Å². The summed E-state index contributed by atoms with van der Waals surface area (Å²) in [5, 5.41) is 8.75. The first kappa shape index (κ1) is 25.4.